The largest absolute Gasteiger partial charge is 0.395 e. The van der Waals surface area contributed by atoms with Crippen LogP contribution in [0.2, 0.25) is 0 Å². The molecule has 1 amide bonds. The second-order valence-corrected chi connectivity index (χ2v) is 4.90. The Labute approximate surface area is 118 Å². The van der Waals surface area contributed by atoms with E-state index in [4.69, 9.17) is 5.11 Å². The molecule has 0 atom stereocenters. The van der Waals surface area contributed by atoms with Crippen molar-refractivity contribution >= 4 is 11.6 Å². The zero-order valence-corrected chi connectivity index (χ0v) is 11.4. The number of halogens is 1. The molecule has 0 saturated carbocycles. The van der Waals surface area contributed by atoms with Crippen LogP contribution in [-0.2, 0) is 4.79 Å². The summed E-state index contributed by atoms with van der Waals surface area (Å²) in [7, 11) is 0. The summed E-state index contributed by atoms with van der Waals surface area (Å²) in [5.41, 5.74) is 0.607. The van der Waals surface area contributed by atoms with Crippen LogP contribution in [0.3, 0.4) is 0 Å². The molecule has 1 saturated heterocycles. The van der Waals surface area contributed by atoms with E-state index in [0.717, 1.165) is 26.2 Å². The number of piperazine rings is 1. The molecule has 2 N–H and O–H groups in total. The molecule has 20 heavy (non-hydrogen) atoms. The van der Waals surface area contributed by atoms with Gasteiger partial charge < -0.3 is 10.4 Å². The molecule has 0 radical (unpaired) electrons. The minimum Gasteiger partial charge on any atom is -0.395 e. The number of amides is 1. The summed E-state index contributed by atoms with van der Waals surface area (Å²) in [6.07, 6.45) is 0. The normalized spacial score (nSPS) is 17.1. The van der Waals surface area contributed by atoms with Crippen molar-refractivity contribution in [1.82, 2.24) is 9.80 Å². The van der Waals surface area contributed by atoms with Crippen LogP contribution in [0.4, 0.5) is 10.1 Å². The maximum Gasteiger partial charge on any atom is 0.238 e. The number of nitrogens with zero attached hydrogens (tertiary/aromatic N) is 2. The van der Waals surface area contributed by atoms with Crippen LogP contribution in [0, 0.1) is 5.82 Å². The van der Waals surface area contributed by atoms with Crippen molar-refractivity contribution < 1.29 is 14.3 Å². The Morgan fingerprint density at radius 3 is 2.35 bits per heavy atom. The quantitative estimate of drug-likeness (QED) is 0.819. The number of nitrogens with one attached hydrogen (secondary N) is 1. The fraction of sp³-hybridized carbons (Fsp3) is 0.500. The summed E-state index contributed by atoms with van der Waals surface area (Å²) in [6, 6.07) is 5.74. The molecule has 1 aromatic rings. The Bertz CT molecular complexity index is 431. The van der Waals surface area contributed by atoms with Gasteiger partial charge in [-0.2, -0.15) is 0 Å². The monoisotopic (exact) mass is 281 g/mol. The summed E-state index contributed by atoms with van der Waals surface area (Å²) >= 11 is 0. The lowest BCUT2D eigenvalue weighted by molar-refractivity contribution is -0.117. The number of hydrogen-bond acceptors (Lipinski definition) is 4. The van der Waals surface area contributed by atoms with Gasteiger partial charge in [0.2, 0.25) is 5.91 Å². The van der Waals surface area contributed by atoms with Gasteiger partial charge in [0.1, 0.15) is 5.82 Å². The van der Waals surface area contributed by atoms with Gasteiger partial charge >= 0.3 is 0 Å². The molecule has 0 aliphatic carbocycles. The average Bonchev–Trinajstić information content (AvgIpc) is 2.44. The molecule has 0 bridgehead atoms. The van der Waals surface area contributed by atoms with Gasteiger partial charge in [0, 0.05) is 38.4 Å². The second kappa shape index (κ2) is 7.33. The van der Waals surface area contributed by atoms with Gasteiger partial charge in [-0.05, 0) is 24.3 Å². The number of anilines is 1. The molecule has 0 aromatic heterocycles. The Hall–Kier alpha value is -1.50. The molecule has 5 nitrogen and oxygen atoms in total. The predicted molar refractivity (Wildman–Crippen MR) is 75.0 cm³/mol. The van der Waals surface area contributed by atoms with Crippen LogP contribution in [0.15, 0.2) is 24.3 Å². The van der Waals surface area contributed by atoms with E-state index < -0.39 is 0 Å². The number of carbonyl (C=O) groups excluding carboxylic acids is 1. The first-order chi connectivity index (χ1) is 9.67. The zero-order chi connectivity index (χ0) is 14.4. The molecular weight excluding hydrogens is 261 g/mol. The number of aliphatic hydroxyl groups excluding tert-OH is 1. The van der Waals surface area contributed by atoms with E-state index >= 15 is 0 Å². The van der Waals surface area contributed by atoms with Gasteiger partial charge in [-0.15, -0.1) is 0 Å². The van der Waals surface area contributed by atoms with Crippen molar-refractivity contribution in [3.05, 3.63) is 30.1 Å². The first-order valence-corrected chi connectivity index (χ1v) is 6.78. The van der Waals surface area contributed by atoms with E-state index in [0.29, 0.717) is 18.8 Å². The van der Waals surface area contributed by atoms with Crippen LogP contribution < -0.4 is 5.32 Å². The number of hydrogen-bond donors (Lipinski definition) is 2. The third kappa shape index (κ3) is 4.56. The van der Waals surface area contributed by atoms with Crippen LogP contribution in [0.1, 0.15) is 0 Å². The van der Waals surface area contributed by atoms with E-state index in [-0.39, 0.29) is 18.3 Å². The van der Waals surface area contributed by atoms with Gasteiger partial charge in [-0.25, -0.2) is 4.39 Å². The smallest absolute Gasteiger partial charge is 0.238 e. The molecule has 1 aromatic carbocycles. The predicted octanol–water partition coefficient (Wildman–Crippen LogP) is 0.374. The van der Waals surface area contributed by atoms with E-state index in [1.165, 1.54) is 12.1 Å². The van der Waals surface area contributed by atoms with Gasteiger partial charge in [-0.1, -0.05) is 0 Å². The van der Waals surface area contributed by atoms with Crippen LogP contribution >= 0.6 is 0 Å². The molecule has 0 unspecified atom stereocenters. The fourth-order valence-electron chi connectivity index (χ4n) is 2.25. The summed E-state index contributed by atoms with van der Waals surface area (Å²) in [4.78, 5) is 16.1. The number of carbonyl (C=O) groups is 1. The third-order valence-electron chi connectivity index (χ3n) is 3.38. The van der Waals surface area contributed by atoms with Crippen molar-refractivity contribution in [3.8, 4) is 0 Å². The third-order valence-corrected chi connectivity index (χ3v) is 3.38. The van der Waals surface area contributed by atoms with Crippen molar-refractivity contribution in [1.29, 1.82) is 0 Å². The standard InChI is InChI=1S/C14H20FN3O2/c15-12-1-3-13(4-2-12)16-14(20)11-18-7-5-17(6-8-18)9-10-19/h1-4,19H,5-11H2,(H,16,20). The summed E-state index contributed by atoms with van der Waals surface area (Å²) in [6.45, 7) is 4.56. The summed E-state index contributed by atoms with van der Waals surface area (Å²) in [5, 5.41) is 11.6. The molecule has 110 valence electrons. The lowest BCUT2D eigenvalue weighted by atomic mass is 10.3. The topological polar surface area (TPSA) is 55.8 Å². The SMILES string of the molecule is O=C(CN1CCN(CCO)CC1)Nc1ccc(F)cc1. The Kier molecular flexibility index (Phi) is 5.46. The molecule has 1 aliphatic heterocycles. The highest BCUT2D eigenvalue weighted by Crippen LogP contribution is 2.08. The van der Waals surface area contributed by atoms with Crippen molar-refractivity contribution in [2.24, 2.45) is 0 Å². The maximum atomic E-state index is 12.8. The Morgan fingerprint density at radius 1 is 1.15 bits per heavy atom. The molecule has 6 heteroatoms. The number of aliphatic hydroxyl groups is 1. The summed E-state index contributed by atoms with van der Waals surface area (Å²) in [5.74, 6) is -0.407. The van der Waals surface area contributed by atoms with Crippen LogP contribution in [-0.4, -0.2) is 66.7 Å². The lowest BCUT2D eigenvalue weighted by Crippen LogP contribution is -2.49. The number of benzene rings is 1. The Morgan fingerprint density at radius 2 is 1.75 bits per heavy atom. The number of rotatable bonds is 5. The highest BCUT2D eigenvalue weighted by atomic mass is 19.1. The first-order valence-electron chi connectivity index (χ1n) is 6.78. The van der Waals surface area contributed by atoms with Crippen molar-refractivity contribution in [2.45, 2.75) is 0 Å². The number of β-amino-alcohol motifs (C(OH)–C–C–N with tert-alkyl or cyclic N) is 1. The second-order valence-electron chi connectivity index (χ2n) is 4.90. The van der Waals surface area contributed by atoms with Gasteiger partial charge in [0.05, 0.1) is 13.2 Å². The van der Waals surface area contributed by atoms with E-state index in [1.807, 2.05) is 0 Å². The van der Waals surface area contributed by atoms with Gasteiger partial charge in [0.25, 0.3) is 0 Å². The molecule has 2 rings (SSSR count). The van der Waals surface area contributed by atoms with Crippen molar-refractivity contribution in [3.63, 3.8) is 0 Å². The molecule has 1 heterocycles. The molecular formula is C14H20FN3O2. The minimum absolute atomic E-state index is 0.0905. The van der Waals surface area contributed by atoms with Crippen LogP contribution in [0.25, 0.3) is 0 Å². The molecule has 1 fully saturated rings. The van der Waals surface area contributed by atoms with E-state index in [2.05, 4.69) is 15.1 Å². The summed E-state index contributed by atoms with van der Waals surface area (Å²) < 4.78 is 12.8. The lowest BCUT2D eigenvalue weighted by Gasteiger charge is -2.33. The van der Waals surface area contributed by atoms with E-state index in [9.17, 15) is 9.18 Å². The minimum atomic E-state index is -0.317. The zero-order valence-electron chi connectivity index (χ0n) is 11.4. The molecule has 1 aliphatic rings. The molecule has 0 spiro atoms. The average molecular weight is 281 g/mol. The highest BCUT2D eigenvalue weighted by Gasteiger charge is 2.18. The highest BCUT2D eigenvalue weighted by molar-refractivity contribution is 5.92. The van der Waals surface area contributed by atoms with Gasteiger partial charge in [0.15, 0.2) is 0 Å². The van der Waals surface area contributed by atoms with Crippen LogP contribution in [0.5, 0.6) is 0 Å². The van der Waals surface area contributed by atoms with E-state index in [1.54, 1.807) is 12.1 Å². The first kappa shape index (κ1) is 14.9. The Balaban J connectivity index is 1.74. The van der Waals surface area contributed by atoms with Gasteiger partial charge in [-0.3, -0.25) is 14.6 Å². The van der Waals surface area contributed by atoms with Crippen molar-refractivity contribution in [2.75, 3.05) is 51.2 Å². The maximum absolute atomic E-state index is 12.8. The fourth-order valence-corrected chi connectivity index (χ4v) is 2.25.